The topological polar surface area (TPSA) is 59.0 Å². The molecule has 0 amide bonds. The molecule has 0 fully saturated rings. The van der Waals surface area contributed by atoms with Crippen molar-refractivity contribution < 1.29 is 32.5 Å². The highest BCUT2D eigenvalue weighted by atomic mass is 19.1. The van der Waals surface area contributed by atoms with Crippen LogP contribution < -0.4 is 9.47 Å². The minimum atomic E-state index is -1.60. The van der Waals surface area contributed by atoms with Crippen LogP contribution in [0.2, 0.25) is 0 Å². The Bertz CT molecular complexity index is 1070. The lowest BCUT2D eigenvalue weighted by Crippen LogP contribution is -2.48. The maximum Gasteiger partial charge on any atom is 0.328 e. The number of carboxylic acid groups (broad SMARTS) is 1. The van der Waals surface area contributed by atoms with Crippen LogP contribution >= 0.6 is 0 Å². The SMILES string of the molecule is C[C@H]1Cc2c(ccc3c2OCO3)[C@H](c2c(F)cc(/C=C/C(=O)O)cc2F)N1CC(C)(C)F. The van der Waals surface area contributed by atoms with Gasteiger partial charge in [0.15, 0.2) is 11.5 Å². The summed E-state index contributed by atoms with van der Waals surface area (Å²) in [5.41, 5.74) is -0.314. The molecule has 4 rings (SSSR count). The zero-order valence-electron chi connectivity index (χ0n) is 18.0. The molecule has 5 nitrogen and oxygen atoms in total. The Morgan fingerprint density at radius 1 is 1.25 bits per heavy atom. The normalized spacial score (nSPS) is 20.6. The van der Waals surface area contributed by atoms with Crippen LogP contribution in [0.25, 0.3) is 6.08 Å². The second-order valence-electron chi connectivity index (χ2n) is 8.78. The van der Waals surface area contributed by atoms with Crippen molar-refractivity contribution in [2.75, 3.05) is 13.3 Å². The molecule has 0 saturated carbocycles. The van der Waals surface area contributed by atoms with Gasteiger partial charge in [-0.15, -0.1) is 0 Å². The van der Waals surface area contributed by atoms with E-state index in [9.17, 15) is 9.18 Å². The second-order valence-corrected chi connectivity index (χ2v) is 8.78. The molecule has 0 saturated heterocycles. The van der Waals surface area contributed by atoms with Crippen molar-refractivity contribution in [2.45, 2.75) is 44.9 Å². The molecule has 0 spiro atoms. The average Bonchev–Trinajstić information content (AvgIpc) is 3.16. The molecule has 32 heavy (non-hydrogen) atoms. The molecule has 0 bridgehead atoms. The highest BCUT2D eigenvalue weighted by Gasteiger charge is 2.41. The van der Waals surface area contributed by atoms with E-state index in [4.69, 9.17) is 14.6 Å². The largest absolute Gasteiger partial charge is 0.478 e. The van der Waals surface area contributed by atoms with E-state index in [0.717, 1.165) is 29.8 Å². The fraction of sp³-hybridized carbons (Fsp3) is 0.375. The van der Waals surface area contributed by atoms with Crippen LogP contribution in [0.15, 0.2) is 30.3 Å². The summed E-state index contributed by atoms with van der Waals surface area (Å²) in [4.78, 5) is 12.5. The lowest BCUT2D eigenvalue weighted by molar-refractivity contribution is -0.131. The standard InChI is InChI=1S/C24H24F3NO4/c1-13-8-16-15(5-6-19-23(16)32-12-31-19)22(28(13)11-24(2,3)27)21-17(25)9-14(10-18(21)26)4-7-20(29)30/h4-7,9-10,13,22H,8,11-12H2,1-3H3,(H,29,30)/b7-4+/t13-,22+/m0/s1. The number of carboxylic acids is 1. The molecule has 2 aromatic rings. The Morgan fingerprint density at radius 3 is 2.56 bits per heavy atom. The van der Waals surface area contributed by atoms with Crippen molar-refractivity contribution in [1.29, 1.82) is 0 Å². The third-order valence-corrected chi connectivity index (χ3v) is 5.72. The van der Waals surface area contributed by atoms with Crippen LogP contribution in [0, 0.1) is 11.6 Å². The molecule has 2 aliphatic rings. The molecule has 2 aliphatic heterocycles. The first-order chi connectivity index (χ1) is 15.0. The van der Waals surface area contributed by atoms with Crippen LogP contribution in [0.5, 0.6) is 11.5 Å². The number of alkyl halides is 1. The zero-order chi connectivity index (χ0) is 23.2. The van der Waals surface area contributed by atoms with Gasteiger partial charge in [-0.1, -0.05) is 6.07 Å². The molecule has 0 aromatic heterocycles. The van der Waals surface area contributed by atoms with Gasteiger partial charge in [-0.05, 0) is 62.6 Å². The number of benzene rings is 2. The summed E-state index contributed by atoms with van der Waals surface area (Å²) >= 11 is 0. The van der Waals surface area contributed by atoms with Gasteiger partial charge >= 0.3 is 5.97 Å². The van der Waals surface area contributed by atoms with Crippen LogP contribution in [0.1, 0.15) is 49.1 Å². The van der Waals surface area contributed by atoms with Gasteiger partial charge in [0, 0.05) is 29.8 Å². The lowest BCUT2D eigenvalue weighted by Gasteiger charge is -2.44. The summed E-state index contributed by atoms with van der Waals surface area (Å²) in [5, 5.41) is 8.79. The summed E-state index contributed by atoms with van der Waals surface area (Å²) in [5.74, 6) is -1.76. The second kappa shape index (κ2) is 8.16. The van der Waals surface area contributed by atoms with E-state index in [0.29, 0.717) is 23.5 Å². The van der Waals surface area contributed by atoms with Crippen LogP contribution in [0.4, 0.5) is 13.2 Å². The van der Waals surface area contributed by atoms with E-state index in [1.807, 2.05) is 6.92 Å². The first-order valence-corrected chi connectivity index (χ1v) is 10.3. The predicted molar refractivity (Wildman–Crippen MR) is 112 cm³/mol. The quantitative estimate of drug-likeness (QED) is 0.663. The summed E-state index contributed by atoms with van der Waals surface area (Å²) in [6, 6.07) is 4.49. The molecular formula is C24H24F3NO4. The predicted octanol–water partition coefficient (Wildman–Crippen LogP) is 4.88. The Kier molecular flexibility index (Phi) is 5.67. The molecule has 0 aliphatic carbocycles. The van der Waals surface area contributed by atoms with Crippen molar-refractivity contribution in [3.63, 3.8) is 0 Å². The van der Waals surface area contributed by atoms with Crippen LogP contribution in [-0.2, 0) is 11.2 Å². The van der Waals surface area contributed by atoms with E-state index in [1.54, 1.807) is 17.0 Å². The molecule has 170 valence electrons. The molecule has 2 aromatic carbocycles. The first-order valence-electron chi connectivity index (χ1n) is 10.3. The Morgan fingerprint density at radius 2 is 1.94 bits per heavy atom. The highest BCUT2D eigenvalue weighted by molar-refractivity contribution is 5.85. The molecular weight excluding hydrogens is 423 g/mol. The number of fused-ring (bicyclic) bond motifs is 3. The monoisotopic (exact) mass is 447 g/mol. The lowest BCUT2D eigenvalue weighted by atomic mass is 9.83. The molecule has 1 N–H and O–H groups in total. The minimum absolute atomic E-state index is 0.0355. The van der Waals surface area contributed by atoms with Gasteiger partial charge in [-0.3, -0.25) is 4.90 Å². The van der Waals surface area contributed by atoms with E-state index < -0.39 is 29.3 Å². The van der Waals surface area contributed by atoms with Crippen molar-refractivity contribution in [3.05, 3.63) is 64.2 Å². The maximum absolute atomic E-state index is 15.3. The summed E-state index contributed by atoms with van der Waals surface area (Å²) < 4.78 is 56.5. The third-order valence-electron chi connectivity index (χ3n) is 5.72. The number of hydrogen-bond acceptors (Lipinski definition) is 4. The van der Waals surface area contributed by atoms with Crippen molar-refractivity contribution in [1.82, 2.24) is 4.90 Å². The van der Waals surface area contributed by atoms with E-state index in [2.05, 4.69) is 0 Å². The zero-order valence-corrected chi connectivity index (χ0v) is 18.0. The Hall–Kier alpha value is -3.00. The van der Waals surface area contributed by atoms with Gasteiger partial charge < -0.3 is 14.6 Å². The van der Waals surface area contributed by atoms with Gasteiger partial charge in [-0.2, -0.15) is 0 Å². The first kappa shape index (κ1) is 22.2. The van der Waals surface area contributed by atoms with Gasteiger partial charge in [0.1, 0.15) is 17.3 Å². The number of carbonyl (C=O) groups is 1. The van der Waals surface area contributed by atoms with E-state index in [1.165, 1.54) is 13.8 Å². The number of ether oxygens (including phenoxy) is 2. The average molecular weight is 447 g/mol. The van der Waals surface area contributed by atoms with Crippen LogP contribution in [-0.4, -0.2) is 41.0 Å². The van der Waals surface area contributed by atoms with Crippen LogP contribution in [0.3, 0.4) is 0 Å². The number of nitrogens with zero attached hydrogens (tertiary/aromatic N) is 1. The van der Waals surface area contributed by atoms with Crippen molar-refractivity contribution in [3.8, 4) is 11.5 Å². The number of hydrogen-bond donors (Lipinski definition) is 1. The van der Waals surface area contributed by atoms with Crippen molar-refractivity contribution >= 4 is 12.0 Å². The molecule has 2 atom stereocenters. The van der Waals surface area contributed by atoms with Gasteiger partial charge in [0.25, 0.3) is 0 Å². The highest BCUT2D eigenvalue weighted by Crippen LogP contribution is 2.48. The fourth-order valence-corrected chi connectivity index (χ4v) is 4.49. The van der Waals surface area contributed by atoms with Gasteiger partial charge in [0.2, 0.25) is 6.79 Å². The summed E-state index contributed by atoms with van der Waals surface area (Å²) in [7, 11) is 0. The van der Waals surface area contributed by atoms with E-state index >= 15 is 8.78 Å². The summed E-state index contributed by atoms with van der Waals surface area (Å²) in [6.07, 6.45) is 2.44. The smallest absolute Gasteiger partial charge is 0.328 e. The number of aliphatic carboxylic acids is 1. The minimum Gasteiger partial charge on any atom is -0.478 e. The number of rotatable bonds is 5. The Balaban J connectivity index is 1.88. The Labute approximate surface area is 184 Å². The molecule has 0 radical (unpaired) electrons. The maximum atomic E-state index is 15.3. The number of halogens is 3. The third kappa shape index (κ3) is 4.19. The van der Waals surface area contributed by atoms with E-state index in [-0.39, 0.29) is 30.5 Å². The molecule has 0 unspecified atom stereocenters. The van der Waals surface area contributed by atoms with Gasteiger partial charge in [-0.25, -0.2) is 18.0 Å². The fourth-order valence-electron chi connectivity index (χ4n) is 4.49. The summed E-state index contributed by atoms with van der Waals surface area (Å²) in [6.45, 7) is 4.78. The molecule has 8 heteroatoms. The molecule has 2 heterocycles. The van der Waals surface area contributed by atoms with Gasteiger partial charge in [0.05, 0.1) is 6.04 Å². The van der Waals surface area contributed by atoms with Crippen molar-refractivity contribution in [2.24, 2.45) is 0 Å².